The molecular formula is C9H17N3. The summed E-state index contributed by atoms with van der Waals surface area (Å²) in [5, 5.41) is 0. The highest BCUT2D eigenvalue weighted by atomic mass is 15.1. The zero-order valence-corrected chi connectivity index (χ0v) is 8.26. The first kappa shape index (κ1) is 9.26. The number of nitrogens with zero attached hydrogens (tertiary/aromatic N) is 2. The average Bonchev–Trinajstić information content (AvgIpc) is 2.29. The lowest BCUT2D eigenvalue weighted by molar-refractivity contribution is 0.375. The van der Waals surface area contributed by atoms with Crippen molar-refractivity contribution in [2.45, 2.75) is 39.8 Å². The summed E-state index contributed by atoms with van der Waals surface area (Å²) in [6, 6.07) is 0. The fraction of sp³-hybridized carbons (Fsp3) is 0.667. The molecule has 0 saturated heterocycles. The average molecular weight is 167 g/mol. The van der Waals surface area contributed by atoms with Crippen molar-refractivity contribution in [2.24, 2.45) is 5.73 Å². The molecule has 1 heterocycles. The van der Waals surface area contributed by atoms with E-state index in [1.807, 2.05) is 6.20 Å². The summed E-state index contributed by atoms with van der Waals surface area (Å²) in [5.41, 5.74) is 6.83. The smallest absolute Gasteiger partial charge is 0.123 e. The van der Waals surface area contributed by atoms with E-state index in [-0.39, 0.29) is 5.54 Å². The molecule has 1 aromatic rings. The van der Waals surface area contributed by atoms with E-state index in [1.165, 1.54) is 5.69 Å². The molecule has 0 aliphatic heterocycles. The second-order valence-electron chi connectivity index (χ2n) is 4.03. The van der Waals surface area contributed by atoms with Crippen LogP contribution in [0.25, 0.3) is 0 Å². The molecule has 0 atom stereocenters. The first-order valence-corrected chi connectivity index (χ1v) is 4.20. The molecule has 2 N–H and O–H groups in total. The summed E-state index contributed by atoms with van der Waals surface area (Å²) < 4.78 is 2.17. The van der Waals surface area contributed by atoms with Gasteiger partial charge < -0.3 is 10.3 Å². The SMILES string of the molecule is Cc1cnc(CN)n1C(C)(C)C. The first-order valence-electron chi connectivity index (χ1n) is 4.20. The van der Waals surface area contributed by atoms with Crippen molar-refractivity contribution in [3.05, 3.63) is 17.7 Å². The van der Waals surface area contributed by atoms with E-state index in [0.717, 1.165) is 5.82 Å². The molecule has 0 bridgehead atoms. The van der Waals surface area contributed by atoms with Gasteiger partial charge in [-0.15, -0.1) is 0 Å². The van der Waals surface area contributed by atoms with Crippen molar-refractivity contribution < 1.29 is 0 Å². The molecule has 68 valence electrons. The quantitative estimate of drug-likeness (QED) is 0.687. The van der Waals surface area contributed by atoms with E-state index >= 15 is 0 Å². The minimum atomic E-state index is 0.0787. The molecular weight excluding hydrogens is 150 g/mol. The van der Waals surface area contributed by atoms with Gasteiger partial charge in [-0.25, -0.2) is 4.98 Å². The Morgan fingerprint density at radius 2 is 2.08 bits per heavy atom. The van der Waals surface area contributed by atoms with Crippen LogP contribution in [0.4, 0.5) is 0 Å². The Labute approximate surface area is 73.6 Å². The summed E-state index contributed by atoms with van der Waals surface area (Å²) in [6.07, 6.45) is 1.87. The standard InChI is InChI=1S/C9H17N3/c1-7-6-11-8(5-10)12(7)9(2,3)4/h6H,5,10H2,1-4H3. The predicted octanol–water partition coefficient (Wildman–Crippen LogP) is 1.41. The number of aromatic nitrogens is 2. The number of nitrogens with two attached hydrogens (primary N) is 1. The molecule has 0 fully saturated rings. The Hall–Kier alpha value is -0.830. The van der Waals surface area contributed by atoms with Crippen LogP contribution in [-0.2, 0) is 12.1 Å². The number of aryl methyl sites for hydroxylation is 1. The van der Waals surface area contributed by atoms with Gasteiger partial charge in [-0.1, -0.05) is 0 Å². The predicted molar refractivity (Wildman–Crippen MR) is 49.9 cm³/mol. The van der Waals surface area contributed by atoms with Gasteiger partial charge in [-0.2, -0.15) is 0 Å². The van der Waals surface area contributed by atoms with Crippen molar-refractivity contribution in [2.75, 3.05) is 0 Å². The van der Waals surface area contributed by atoms with Gasteiger partial charge in [0.15, 0.2) is 0 Å². The Morgan fingerprint density at radius 3 is 2.42 bits per heavy atom. The molecule has 3 heteroatoms. The fourth-order valence-electron chi connectivity index (χ4n) is 1.55. The van der Waals surface area contributed by atoms with Gasteiger partial charge in [0.1, 0.15) is 5.82 Å². The molecule has 0 aliphatic rings. The number of hydrogen-bond donors (Lipinski definition) is 1. The number of hydrogen-bond acceptors (Lipinski definition) is 2. The van der Waals surface area contributed by atoms with Crippen LogP contribution in [0.5, 0.6) is 0 Å². The highest BCUT2D eigenvalue weighted by Gasteiger charge is 2.18. The maximum Gasteiger partial charge on any atom is 0.123 e. The highest BCUT2D eigenvalue weighted by Crippen LogP contribution is 2.18. The number of imidazole rings is 1. The molecule has 0 unspecified atom stereocenters. The summed E-state index contributed by atoms with van der Waals surface area (Å²) in [6.45, 7) is 9.02. The highest BCUT2D eigenvalue weighted by molar-refractivity contribution is 5.06. The summed E-state index contributed by atoms with van der Waals surface area (Å²) in [4.78, 5) is 4.24. The van der Waals surface area contributed by atoms with E-state index < -0.39 is 0 Å². The Morgan fingerprint density at radius 1 is 1.50 bits per heavy atom. The van der Waals surface area contributed by atoms with E-state index in [2.05, 4.69) is 37.2 Å². The molecule has 1 rings (SSSR count). The second kappa shape index (κ2) is 2.90. The maximum atomic E-state index is 5.58. The monoisotopic (exact) mass is 167 g/mol. The van der Waals surface area contributed by atoms with Gasteiger partial charge in [0.25, 0.3) is 0 Å². The molecule has 0 radical (unpaired) electrons. The first-order chi connectivity index (χ1) is 5.46. The van der Waals surface area contributed by atoms with Crippen LogP contribution in [0.15, 0.2) is 6.20 Å². The van der Waals surface area contributed by atoms with Crippen LogP contribution in [0.1, 0.15) is 32.3 Å². The van der Waals surface area contributed by atoms with Crippen molar-refractivity contribution in [3.63, 3.8) is 0 Å². The van der Waals surface area contributed by atoms with Gasteiger partial charge >= 0.3 is 0 Å². The molecule has 0 amide bonds. The topological polar surface area (TPSA) is 43.8 Å². The van der Waals surface area contributed by atoms with Gasteiger partial charge in [0.05, 0.1) is 6.54 Å². The molecule has 0 aromatic carbocycles. The van der Waals surface area contributed by atoms with Gasteiger partial charge in [0.2, 0.25) is 0 Å². The molecule has 12 heavy (non-hydrogen) atoms. The van der Waals surface area contributed by atoms with Gasteiger partial charge in [-0.3, -0.25) is 0 Å². The van der Waals surface area contributed by atoms with E-state index in [1.54, 1.807) is 0 Å². The van der Waals surface area contributed by atoms with Gasteiger partial charge in [-0.05, 0) is 27.7 Å². The number of rotatable bonds is 1. The van der Waals surface area contributed by atoms with Crippen LogP contribution in [0.2, 0.25) is 0 Å². The molecule has 1 aromatic heterocycles. The fourth-order valence-corrected chi connectivity index (χ4v) is 1.55. The third-order valence-corrected chi connectivity index (χ3v) is 1.86. The van der Waals surface area contributed by atoms with Crippen molar-refractivity contribution in [3.8, 4) is 0 Å². The maximum absolute atomic E-state index is 5.58. The minimum Gasteiger partial charge on any atom is -0.326 e. The van der Waals surface area contributed by atoms with Crippen molar-refractivity contribution in [1.82, 2.24) is 9.55 Å². The molecule has 3 nitrogen and oxygen atoms in total. The molecule has 0 spiro atoms. The van der Waals surface area contributed by atoms with Crippen LogP contribution in [0, 0.1) is 6.92 Å². The van der Waals surface area contributed by atoms with E-state index in [9.17, 15) is 0 Å². The zero-order valence-electron chi connectivity index (χ0n) is 8.26. The summed E-state index contributed by atoms with van der Waals surface area (Å²) in [7, 11) is 0. The lowest BCUT2D eigenvalue weighted by Crippen LogP contribution is -2.26. The van der Waals surface area contributed by atoms with Crippen molar-refractivity contribution in [1.29, 1.82) is 0 Å². The van der Waals surface area contributed by atoms with E-state index in [4.69, 9.17) is 5.73 Å². The Balaban J connectivity index is 3.19. The lowest BCUT2D eigenvalue weighted by Gasteiger charge is -2.24. The van der Waals surface area contributed by atoms with Crippen LogP contribution >= 0.6 is 0 Å². The third-order valence-electron chi connectivity index (χ3n) is 1.86. The summed E-state index contributed by atoms with van der Waals surface area (Å²) >= 11 is 0. The lowest BCUT2D eigenvalue weighted by atomic mass is 10.1. The third kappa shape index (κ3) is 1.50. The molecule has 0 saturated carbocycles. The molecule has 0 aliphatic carbocycles. The van der Waals surface area contributed by atoms with E-state index in [0.29, 0.717) is 6.54 Å². The van der Waals surface area contributed by atoms with Crippen LogP contribution in [0.3, 0.4) is 0 Å². The second-order valence-corrected chi connectivity index (χ2v) is 4.03. The summed E-state index contributed by atoms with van der Waals surface area (Å²) in [5.74, 6) is 0.958. The Kier molecular flexibility index (Phi) is 2.24. The Bertz CT molecular complexity index is 268. The van der Waals surface area contributed by atoms with Crippen molar-refractivity contribution >= 4 is 0 Å². The normalized spacial score (nSPS) is 12.1. The van der Waals surface area contributed by atoms with Gasteiger partial charge in [0, 0.05) is 17.4 Å². The minimum absolute atomic E-state index is 0.0787. The van der Waals surface area contributed by atoms with Crippen LogP contribution in [-0.4, -0.2) is 9.55 Å². The zero-order chi connectivity index (χ0) is 9.35. The largest absolute Gasteiger partial charge is 0.326 e. The van der Waals surface area contributed by atoms with Crippen LogP contribution < -0.4 is 5.73 Å².